The summed E-state index contributed by atoms with van der Waals surface area (Å²) in [6.45, 7) is 3.64. The van der Waals surface area contributed by atoms with Gasteiger partial charge in [0.25, 0.3) is 0 Å². The van der Waals surface area contributed by atoms with Crippen LogP contribution in [0.3, 0.4) is 0 Å². The zero-order valence-corrected chi connectivity index (χ0v) is 11.0. The molecule has 0 saturated carbocycles. The molecule has 3 nitrogen and oxygen atoms in total. The highest BCUT2D eigenvalue weighted by molar-refractivity contribution is 9.10. The van der Waals surface area contributed by atoms with Gasteiger partial charge in [-0.1, -0.05) is 6.92 Å². The predicted octanol–water partition coefficient (Wildman–Crippen LogP) is 3.09. The summed E-state index contributed by atoms with van der Waals surface area (Å²) in [5.74, 6) is 0.617. The molecular formula is C12H13BrFN3. The third kappa shape index (κ3) is 2.92. The lowest BCUT2D eigenvalue weighted by Gasteiger charge is -2.01. The first kappa shape index (κ1) is 12.3. The van der Waals surface area contributed by atoms with E-state index in [0.29, 0.717) is 6.54 Å². The molecule has 5 heteroatoms. The maximum absolute atomic E-state index is 13.0. The zero-order chi connectivity index (χ0) is 12.3. The fourth-order valence-electron chi connectivity index (χ4n) is 1.54. The lowest BCUT2D eigenvalue weighted by atomic mass is 10.2. The summed E-state index contributed by atoms with van der Waals surface area (Å²) in [5.41, 5.74) is 1.78. The maximum atomic E-state index is 13.0. The SMILES string of the molecule is CCNCc1ncc(-c2ccc(F)cc2Br)[nH]1. The Morgan fingerprint density at radius 2 is 2.29 bits per heavy atom. The van der Waals surface area contributed by atoms with Crippen LogP contribution in [0.2, 0.25) is 0 Å². The Morgan fingerprint density at radius 1 is 1.47 bits per heavy atom. The van der Waals surface area contributed by atoms with Gasteiger partial charge in [-0.15, -0.1) is 0 Å². The van der Waals surface area contributed by atoms with E-state index in [2.05, 4.69) is 31.2 Å². The van der Waals surface area contributed by atoms with Gasteiger partial charge in [0.05, 0.1) is 18.4 Å². The summed E-state index contributed by atoms with van der Waals surface area (Å²) >= 11 is 3.34. The Kier molecular flexibility index (Phi) is 3.91. The van der Waals surface area contributed by atoms with Gasteiger partial charge in [-0.2, -0.15) is 0 Å². The van der Waals surface area contributed by atoms with Gasteiger partial charge in [0.2, 0.25) is 0 Å². The number of rotatable bonds is 4. The van der Waals surface area contributed by atoms with E-state index in [9.17, 15) is 4.39 Å². The molecule has 2 rings (SSSR count). The van der Waals surface area contributed by atoms with Gasteiger partial charge in [0.1, 0.15) is 11.6 Å². The third-order valence-corrected chi connectivity index (χ3v) is 3.05. The van der Waals surface area contributed by atoms with E-state index in [1.54, 1.807) is 12.3 Å². The van der Waals surface area contributed by atoms with Crippen molar-refractivity contribution < 1.29 is 4.39 Å². The van der Waals surface area contributed by atoms with Gasteiger partial charge >= 0.3 is 0 Å². The van der Waals surface area contributed by atoms with Crippen LogP contribution < -0.4 is 5.32 Å². The highest BCUT2D eigenvalue weighted by Gasteiger charge is 2.07. The smallest absolute Gasteiger partial charge is 0.124 e. The molecular weight excluding hydrogens is 285 g/mol. The second-order valence-electron chi connectivity index (χ2n) is 3.65. The number of hydrogen-bond acceptors (Lipinski definition) is 2. The highest BCUT2D eigenvalue weighted by Crippen LogP contribution is 2.27. The van der Waals surface area contributed by atoms with E-state index >= 15 is 0 Å². The summed E-state index contributed by atoms with van der Waals surface area (Å²) in [6, 6.07) is 4.61. The second-order valence-corrected chi connectivity index (χ2v) is 4.50. The number of nitrogens with one attached hydrogen (secondary N) is 2. The lowest BCUT2D eigenvalue weighted by Crippen LogP contribution is -2.12. The highest BCUT2D eigenvalue weighted by atomic mass is 79.9. The number of benzene rings is 1. The number of hydrogen-bond donors (Lipinski definition) is 2. The fraction of sp³-hybridized carbons (Fsp3) is 0.250. The standard InChI is InChI=1S/C12H13BrFN3/c1-2-15-7-12-16-6-11(17-12)9-4-3-8(14)5-10(9)13/h3-6,15H,2,7H2,1H3,(H,16,17). The second kappa shape index (κ2) is 5.42. The molecule has 0 radical (unpaired) electrons. The molecule has 1 aromatic carbocycles. The van der Waals surface area contributed by atoms with Gasteiger partial charge in [-0.25, -0.2) is 9.37 Å². The molecule has 0 unspecified atom stereocenters. The molecule has 0 amide bonds. The van der Waals surface area contributed by atoms with Crippen molar-refractivity contribution in [2.75, 3.05) is 6.54 Å². The largest absolute Gasteiger partial charge is 0.341 e. The van der Waals surface area contributed by atoms with Crippen LogP contribution in [0, 0.1) is 5.82 Å². The van der Waals surface area contributed by atoms with Crippen molar-refractivity contribution in [1.29, 1.82) is 0 Å². The fourth-order valence-corrected chi connectivity index (χ4v) is 2.10. The predicted molar refractivity (Wildman–Crippen MR) is 69.1 cm³/mol. The minimum atomic E-state index is -0.256. The summed E-state index contributed by atoms with van der Waals surface area (Å²) < 4.78 is 13.7. The van der Waals surface area contributed by atoms with Gasteiger partial charge in [-0.05, 0) is 40.7 Å². The minimum absolute atomic E-state index is 0.256. The topological polar surface area (TPSA) is 40.7 Å². The van der Waals surface area contributed by atoms with Crippen molar-refractivity contribution in [3.63, 3.8) is 0 Å². The molecule has 1 heterocycles. The van der Waals surface area contributed by atoms with Crippen molar-refractivity contribution in [3.8, 4) is 11.3 Å². The molecule has 0 fully saturated rings. The van der Waals surface area contributed by atoms with Crippen molar-refractivity contribution in [1.82, 2.24) is 15.3 Å². The molecule has 0 aliphatic heterocycles. The average Bonchev–Trinajstić information content (AvgIpc) is 2.75. The first-order chi connectivity index (χ1) is 8.20. The van der Waals surface area contributed by atoms with Crippen molar-refractivity contribution >= 4 is 15.9 Å². The Bertz CT molecular complexity index is 510. The Hall–Kier alpha value is -1.20. The van der Waals surface area contributed by atoms with Gasteiger partial charge in [-0.3, -0.25) is 0 Å². The first-order valence-corrected chi connectivity index (χ1v) is 6.20. The number of aromatic nitrogens is 2. The summed E-state index contributed by atoms with van der Waals surface area (Å²) in [6.07, 6.45) is 1.75. The quantitative estimate of drug-likeness (QED) is 0.910. The van der Waals surface area contributed by atoms with Crippen molar-refractivity contribution in [2.24, 2.45) is 0 Å². The molecule has 90 valence electrons. The monoisotopic (exact) mass is 297 g/mol. The number of nitrogens with zero attached hydrogens (tertiary/aromatic N) is 1. The Balaban J connectivity index is 2.24. The van der Waals surface area contributed by atoms with E-state index in [-0.39, 0.29) is 5.82 Å². The van der Waals surface area contributed by atoms with E-state index in [0.717, 1.165) is 28.1 Å². The molecule has 1 aromatic heterocycles. The van der Waals surface area contributed by atoms with Crippen LogP contribution in [0.25, 0.3) is 11.3 Å². The van der Waals surface area contributed by atoms with E-state index in [4.69, 9.17) is 0 Å². The molecule has 0 atom stereocenters. The minimum Gasteiger partial charge on any atom is -0.341 e. The molecule has 17 heavy (non-hydrogen) atoms. The van der Waals surface area contributed by atoms with Crippen LogP contribution >= 0.6 is 15.9 Å². The number of halogens is 2. The average molecular weight is 298 g/mol. The van der Waals surface area contributed by atoms with Crippen LogP contribution in [-0.2, 0) is 6.54 Å². The van der Waals surface area contributed by atoms with Crippen LogP contribution in [-0.4, -0.2) is 16.5 Å². The van der Waals surface area contributed by atoms with Gasteiger partial charge < -0.3 is 10.3 Å². The molecule has 0 aliphatic rings. The first-order valence-electron chi connectivity index (χ1n) is 5.40. The Labute approximate surface area is 108 Å². The van der Waals surface area contributed by atoms with Crippen molar-refractivity contribution in [2.45, 2.75) is 13.5 Å². The third-order valence-electron chi connectivity index (χ3n) is 2.39. The molecule has 2 aromatic rings. The normalized spacial score (nSPS) is 10.8. The van der Waals surface area contributed by atoms with Crippen LogP contribution in [0.4, 0.5) is 4.39 Å². The van der Waals surface area contributed by atoms with E-state index in [1.165, 1.54) is 12.1 Å². The van der Waals surface area contributed by atoms with Crippen LogP contribution in [0.1, 0.15) is 12.7 Å². The van der Waals surface area contributed by atoms with Crippen molar-refractivity contribution in [3.05, 3.63) is 40.5 Å². The number of H-pyrrole nitrogens is 1. The molecule has 2 N–H and O–H groups in total. The summed E-state index contributed by atoms with van der Waals surface area (Å²) in [7, 11) is 0. The van der Waals surface area contributed by atoms with E-state index < -0.39 is 0 Å². The zero-order valence-electron chi connectivity index (χ0n) is 9.43. The van der Waals surface area contributed by atoms with Gasteiger partial charge in [0, 0.05) is 10.0 Å². The summed E-state index contributed by atoms with van der Waals surface area (Å²) in [5, 5.41) is 3.19. The van der Waals surface area contributed by atoms with Crippen LogP contribution in [0.5, 0.6) is 0 Å². The summed E-state index contributed by atoms with van der Waals surface area (Å²) in [4.78, 5) is 7.46. The van der Waals surface area contributed by atoms with Crippen LogP contribution in [0.15, 0.2) is 28.9 Å². The van der Waals surface area contributed by atoms with E-state index in [1.807, 2.05) is 6.92 Å². The number of imidazole rings is 1. The number of aromatic amines is 1. The molecule has 0 aliphatic carbocycles. The Morgan fingerprint density at radius 3 is 3.00 bits per heavy atom. The molecule has 0 spiro atoms. The maximum Gasteiger partial charge on any atom is 0.124 e. The molecule has 0 saturated heterocycles. The van der Waals surface area contributed by atoms with Gasteiger partial charge in [0.15, 0.2) is 0 Å². The molecule has 0 bridgehead atoms. The lowest BCUT2D eigenvalue weighted by molar-refractivity contribution is 0.627.